The van der Waals surface area contributed by atoms with Crippen LogP contribution in [0.2, 0.25) is 0 Å². The van der Waals surface area contributed by atoms with E-state index in [1.165, 1.54) is 11.1 Å². The largest absolute Gasteiger partial charge is 0.324 e. The van der Waals surface area contributed by atoms with Gasteiger partial charge < -0.3 is 10.6 Å². The van der Waals surface area contributed by atoms with Crippen molar-refractivity contribution in [2.75, 3.05) is 11.9 Å². The third kappa shape index (κ3) is 4.59. The van der Waals surface area contributed by atoms with E-state index in [9.17, 15) is 4.79 Å². The van der Waals surface area contributed by atoms with E-state index in [0.717, 1.165) is 42.1 Å². The quantitative estimate of drug-likeness (QED) is 0.360. The lowest BCUT2D eigenvalue weighted by Crippen LogP contribution is -2.23. The summed E-state index contributed by atoms with van der Waals surface area (Å²) in [6, 6.07) is 20.3. The molecule has 2 N–H and O–H groups in total. The summed E-state index contributed by atoms with van der Waals surface area (Å²) < 4.78 is 3.62. The number of aromatic nitrogens is 5. The Bertz CT molecular complexity index is 1680. The summed E-state index contributed by atoms with van der Waals surface area (Å²) in [6.07, 6.45) is 4.41. The third-order valence-corrected chi connectivity index (χ3v) is 6.96. The molecule has 6 rings (SSSR count). The van der Waals surface area contributed by atoms with Crippen LogP contribution in [0.1, 0.15) is 43.2 Å². The minimum atomic E-state index is -0.146. The number of hydrogen-bond donors (Lipinski definition) is 2. The number of anilines is 2. The molecular formula is C30H31N7O. The third-order valence-electron chi connectivity index (χ3n) is 6.96. The maximum atomic E-state index is 13.7. The van der Waals surface area contributed by atoms with Crippen molar-refractivity contribution in [2.24, 2.45) is 0 Å². The van der Waals surface area contributed by atoms with Crippen LogP contribution >= 0.6 is 0 Å². The Balaban J connectivity index is 1.48. The number of nitrogens with zero attached hydrogens (tertiary/aromatic N) is 5. The van der Waals surface area contributed by atoms with Crippen molar-refractivity contribution in [1.29, 1.82) is 0 Å². The van der Waals surface area contributed by atoms with Crippen LogP contribution in [-0.4, -0.2) is 30.9 Å². The van der Waals surface area contributed by atoms with Gasteiger partial charge in [0, 0.05) is 35.7 Å². The summed E-state index contributed by atoms with van der Waals surface area (Å²) in [5.74, 6) is 0.446. The highest BCUT2D eigenvalue weighted by Gasteiger charge is 2.21. The monoisotopic (exact) mass is 505 g/mol. The lowest BCUT2D eigenvalue weighted by Gasteiger charge is -2.20. The van der Waals surface area contributed by atoms with Gasteiger partial charge in [0.05, 0.1) is 12.2 Å². The summed E-state index contributed by atoms with van der Waals surface area (Å²) >= 11 is 0. The predicted octanol–water partition coefficient (Wildman–Crippen LogP) is 4.71. The van der Waals surface area contributed by atoms with Crippen molar-refractivity contribution in [1.82, 2.24) is 29.6 Å². The van der Waals surface area contributed by atoms with Gasteiger partial charge in [-0.2, -0.15) is 4.98 Å². The van der Waals surface area contributed by atoms with Crippen molar-refractivity contribution in [3.05, 3.63) is 106 Å². The fraction of sp³-hybridized carbons (Fsp3) is 0.267. The standard InChI is InChI=1S/C30H31N7O/c1-30(2,3)26-16-24(12-14-32-26)37-27-25(28(38)36(37)19-20-7-5-4-6-8-20)18-33-29(35-27)34-23-10-9-22-17-31-13-11-21(22)15-23/h4-10,12,14-16,18,31H,11,13,17,19H2,1-3H3,(H,33,34,35). The summed E-state index contributed by atoms with van der Waals surface area (Å²) in [5.41, 5.74) is 6.64. The first-order chi connectivity index (χ1) is 18.4. The van der Waals surface area contributed by atoms with E-state index in [4.69, 9.17) is 4.98 Å². The maximum Gasteiger partial charge on any atom is 0.278 e. The molecule has 0 radical (unpaired) electrons. The van der Waals surface area contributed by atoms with Crippen molar-refractivity contribution in [3.63, 3.8) is 0 Å². The lowest BCUT2D eigenvalue weighted by molar-refractivity contribution is 0.562. The van der Waals surface area contributed by atoms with Gasteiger partial charge in [0.1, 0.15) is 5.39 Å². The first-order valence-corrected chi connectivity index (χ1v) is 13.0. The van der Waals surface area contributed by atoms with Crippen LogP contribution < -0.4 is 16.2 Å². The van der Waals surface area contributed by atoms with E-state index >= 15 is 0 Å². The van der Waals surface area contributed by atoms with Gasteiger partial charge in [0.25, 0.3) is 5.56 Å². The molecule has 0 spiro atoms. The molecule has 0 saturated carbocycles. The Morgan fingerprint density at radius 3 is 2.66 bits per heavy atom. The molecule has 4 heterocycles. The summed E-state index contributed by atoms with van der Waals surface area (Å²) in [4.78, 5) is 27.6. The summed E-state index contributed by atoms with van der Waals surface area (Å²) in [7, 11) is 0. The summed E-state index contributed by atoms with van der Waals surface area (Å²) in [6.45, 7) is 8.66. The van der Waals surface area contributed by atoms with Gasteiger partial charge in [0.2, 0.25) is 5.95 Å². The van der Waals surface area contributed by atoms with Gasteiger partial charge in [-0.1, -0.05) is 57.2 Å². The highest BCUT2D eigenvalue weighted by molar-refractivity contribution is 5.77. The highest BCUT2D eigenvalue weighted by atomic mass is 16.1. The van der Waals surface area contributed by atoms with Crippen LogP contribution in [0.4, 0.5) is 11.6 Å². The zero-order chi connectivity index (χ0) is 26.3. The zero-order valence-corrected chi connectivity index (χ0v) is 21.9. The Morgan fingerprint density at radius 1 is 1.00 bits per heavy atom. The molecule has 1 aliphatic rings. The Kier molecular flexibility index (Phi) is 6.04. The molecule has 192 valence electrons. The normalized spacial score (nSPS) is 13.4. The average molecular weight is 506 g/mol. The number of benzene rings is 2. The van der Waals surface area contributed by atoms with Crippen LogP contribution in [0.5, 0.6) is 0 Å². The van der Waals surface area contributed by atoms with Crippen molar-refractivity contribution < 1.29 is 0 Å². The Morgan fingerprint density at radius 2 is 1.84 bits per heavy atom. The fourth-order valence-corrected chi connectivity index (χ4v) is 4.90. The highest BCUT2D eigenvalue weighted by Crippen LogP contribution is 2.25. The van der Waals surface area contributed by atoms with Crippen molar-refractivity contribution >= 4 is 22.7 Å². The smallest absolute Gasteiger partial charge is 0.278 e. The molecule has 0 amide bonds. The minimum Gasteiger partial charge on any atom is -0.324 e. The molecule has 3 aromatic heterocycles. The fourth-order valence-electron chi connectivity index (χ4n) is 4.90. The van der Waals surface area contributed by atoms with Crippen LogP contribution in [0.3, 0.4) is 0 Å². The number of fused-ring (bicyclic) bond motifs is 2. The molecule has 0 fully saturated rings. The first kappa shape index (κ1) is 24.1. The van der Waals surface area contributed by atoms with Crippen molar-refractivity contribution in [2.45, 2.75) is 45.7 Å². The second kappa shape index (κ2) is 9.54. The molecule has 2 aromatic carbocycles. The molecule has 0 atom stereocenters. The Hall–Kier alpha value is -4.30. The molecule has 0 aliphatic carbocycles. The molecule has 0 saturated heterocycles. The minimum absolute atomic E-state index is 0.134. The van der Waals surface area contributed by atoms with Gasteiger partial charge in [-0.05, 0) is 53.9 Å². The van der Waals surface area contributed by atoms with Gasteiger partial charge in [-0.3, -0.25) is 9.78 Å². The number of rotatable bonds is 5. The lowest BCUT2D eigenvalue weighted by atomic mass is 9.91. The molecule has 8 nitrogen and oxygen atoms in total. The average Bonchev–Trinajstić information content (AvgIpc) is 3.19. The molecule has 0 bridgehead atoms. The van der Waals surface area contributed by atoms with Crippen LogP contribution in [0.15, 0.2) is 77.9 Å². The van der Waals surface area contributed by atoms with Crippen LogP contribution in [-0.2, 0) is 24.9 Å². The first-order valence-electron chi connectivity index (χ1n) is 13.0. The van der Waals surface area contributed by atoms with Gasteiger partial charge in [0.15, 0.2) is 5.65 Å². The zero-order valence-electron chi connectivity index (χ0n) is 21.9. The predicted molar refractivity (Wildman–Crippen MR) is 150 cm³/mol. The van der Waals surface area contributed by atoms with Crippen LogP contribution in [0.25, 0.3) is 16.7 Å². The van der Waals surface area contributed by atoms with E-state index in [0.29, 0.717) is 23.5 Å². The molecule has 8 heteroatoms. The van der Waals surface area contributed by atoms with E-state index in [1.807, 2.05) is 53.2 Å². The second-order valence-electron chi connectivity index (χ2n) is 10.8. The Labute approximate surface area is 221 Å². The van der Waals surface area contributed by atoms with E-state index in [2.05, 4.69) is 53.5 Å². The van der Waals surface area contributed by atoms with Gasteiger partial charge >= 0.3 is 0 Å². The molecule has 0 unspecified atom stereocenters. The number of nitrogens with one attached hydrogen (secondary N) is 2. The van der Waals surface area contributed by atoms with Crippen molar-refractivity contribution in [3.8, 4) is 5.69 Å². The number of hydrogen-bond acceptors (Lipinski definition) is 6. The number of pyridine rings is 1. The van der Waals surface area contributed by atoms with Gasteiger partial charge in [-0.25, -0.2) is 14.3 Å². The SMILES string of the molecule is CC(C)(C)c1cc(-n2c3nc(Nc4ccc5c(c4)CCNC5)ncc3c(=O)n2Cc2ccccc2)ccn1. The van der Waals surface area contributed by atoms with E-state index < -0.39 is 0 Å². The molecular weight excluding hydrogens is 474 g/mol. The maximum absolute atomic E-state index is 13.7. The van der Waals surface area contributed by atoms with E-state index in [1.54, 1.807) is 17.1 Å². The molecule has 5 aromatic rings. The topological polar surface area (TPSA) is 89.7 Å². The van der Waals surface area contributed by atoms with Gasteiger partial charge in [-0.15, -0.1) is 0 Å². The molecule has 1 aliphatic heterocycles. The van der Waals surface area contributed by atoms with Crippen LogP contribution in [0, 0.1) is 0 Å². The second-order valence-corrected chi connectivity index (χ2v) is 10.8. The summed E-state index contributed by atoms with van der Waals surface area (Å²) in [5, 5.41) is 7.23. The van der Waals surface area contributed by atoms with E-state index in [-0.39, 0.29) is 11.0 Å². The molecule has 38 heavy (non-hydrogen) atoms.